The van der Waals surface area contributed by atoms with Gasteiger partial charge >= 0.3 is 6.09 Å². The van der Waals surface area contributed by atoms with Gasteiger partial charge in [0.1, 0.15) is 11.5 Å². The summed E-state index contributed by atoms with van der Waals surface area (Å²) in [6.45, 7) is 0. The largest absolute Gasteiger partial charge is 0.417 e. The number of benzene rings is 1. The molecule has 2 aromatic heterocycles. The molecule has 1 aliphatic rings. The van der Waals surface area contributed by atoms with E-state index in [0.717, 1.165) is 25.0 Å². The van der Waals surface area contributed by atoms with Crippen LogP contribution in [0.25, 0.3) is 11.2 Å². The molecule has 3 aromatic rings. The van der Waals surface area contributed by atoms with Gasteiger partial charge in [-0.25, -0.2) is 32.0 Å². The molecule has 0 spiro atoms. The second-order valence-corrected chi connectivity index (χ2v) is 8.76. The van der Waals surface area contributed by atoms with Crippen LogP contribution >= 0.6 is 0 Å². The number of carbonyl (C=O) groups excluding carboxylic acids is 1. The monoisotopic (exact) mass is 437 g/mol. The smallest absolute Gasteiger partial charge is 0.408 e. The number of pyridine rings is 1. The summed E-state index contributed by atoms with van der Waals surface area (Å²) in [7, 11) is -3.83. The number of fused-ring (bicyclic) bond motifs is 1. The Morgan fingerprint density at radius 1 is 1.20 bits per heavy atom. The predicted molar refractivity (Wildman–Crippen MR) is 105 cm³/mol. The summed E-state index contributed by atoms with van der Waals surface area (Å²) in [5, 5.41) is 1.33. The van der Waals surface area contributed by atoms with Gasteiger partial charge in [0.25, 0.3) is 0 Å². The number of amides is 1. The van der Waals surface area contributed by atoms with E-state index in [4.69, 9.17) is 4.74 Å². The Kier molecular flexibility index (Phi) is 5.24. The second-order valence-electron chi connectivity index (χ2n) is 6.80. The molecule has 9 nitrogen and oxygen atoms in total. The van der Waals surface area contributed by atoms with E-state index in [2.05, 4.69) is 19.7 Å². The lowest BCUT2D eigenvalue weighted by Gasteiger charge is -2.16. The number of H-pyrrole nitrogens is 1. The van der Waals surface area contributed by atoms with Crippen molar-refractivity contribution in [1.82, 2.24) is 15.0 Å². The summed E-state index contributed by atoms with van der Waals surface area (Å²) in [4.78, 5) is 22.8. The number of hydrogen-bond donors (Lipinski definition) is 3. The number of aromatic amines is 1. The van der Waals surface area contributed by atoms with Crippen LogP contribution in [-0.4, -0.2) is 34.7 Å². The molecule has 0 radical (unpaired) electrons. The van der Waals surface area contributed by atoms with Crippen LogP contribution in [0.1, 0.15) is 25.7 Å². The highest BCUT2D eigenvalue weighted by Gasteiger charge is 2.30. The molecule has 30 heavy (non-hydrogen) atoms. The molecule has 2 heterocycles. The normalized spacial score (nSPS) is 14.7. The maximum Gasteiger partial charge on any atom is 0.417 e. The molecule has 0 unspecified atom stereocenters. The number of halogens is 2. The van der Waals surface area contributed by atoms with Crippen LogP contribution in [0.2, 0.25) is 0 Å². The fraction of sp³-hybridized carbons (Fsp3) is 0.278. The van der Waals surface area contributed by atoms with E-state index in [0.29, 0.717) is 24.0 Å². The minimum absolute atomic E-state index is 0.0168. The van der Waals surface area contributed by atoms with Crippen LogP contribution in [0, 0.1) is 11.6 Å². The van der Waals surface area contributed by atoms with Gasteiger partial charge in [0.2, 0.25) is 10.0 Å². The van der Waals surface area contributed by atoms with Gasteiger partial charge in [-0.2, -0.15) is 0 Å². The number of anilines is 2. The first-order chi connectivity index (χ1) is 14.3. The average molecular weight is 437 g/mol. The van der Waals surface area contributed by atoms with Crippen molar-refractivity contribution < 1.29 is 26.7 Å². The Hall–Kier alpha value is -3.28. The van der Waals surface area contributed by atoms with Crippen molar-refractivity contribution in [3.05, 3.63) is 42.4 Å². The average Bonchev–Trinajstić information content (AvgIpc) is 3.39. The number of rotatable bonds is 5. The van der Waals surface area contributed by atoms with Gasteiger partial charge in [-0.15, -0.1) is 0 Å². The Labute approximate surface area is 169 Å². The molecule has 1 saturated carbocycles. The predicted octanol–water partition coefficient (Wildman–Crippen LogP) is 3.53. The number of aromatic nitrogens is 3. The minimum atomic E-state index is -3.83. The maximum atomic E-state index is 14.8. The van der Waals surface area contributed by atoms with Gasteiger partial charge < -0.3 is 9.72 Å². The lowest BCUT2D eigenvalue weighted by Crippen LogP contribution is -2.26. The zero-order valence-corrected chi connectivity index (χ0v) is 16.3. The molecule has 158 valence electrons. The Morgan fingerprint density at radius 2 is 1.97 bits per heavy atom. The van der Waals surface area contributed by atoms with E-state index in [9.17, 15) is 22.0 Å². The van der Waals surface area contributed by atoms with Gasteiger partial charge in [0.05, 0.1) is 29.0 Å². The van der Waals surface area contributed by atoms with Gasteiger partial charge in [0.15, 0.2) is 17.2 Å². The highest BCUT2D eigenvalue weighted by Crippen LogP contribution is 2.30. The summed E-state index contributed by atoms with van der Waals surface area (Å²) >= 11 is 0. The summed E-state index contributed by atoms with van der Waals surface area (Å²) < 4.78 is 60.8. The molecule has 1 amide bonds. The molecule has 0 aliphatic heterocycles. The number of carbonyl (C=O) groups is 1. The van der Waals surface area contributed by atoms with Crippen molar-refractivity contribution in [1.29, 1.82) is 0 Å². The molecule has 0 saturated heterocycles. The van der Waals surface area contributed by atoms with Crippen molar-refractivity contribution in [3.63, 3.8) is 0 Å². The molecular weight excluding hydrogens is 420 g/mol. The number of nitrogens with zero attached hydrogens (tertiary/aromatic N) is 2. The third kappa shape index (κ3) is 4.03. The molecule has 0 bridgehead atoms. The van der Waals surface area contributed by atoms with Crippen LogP contribution in [0.3, 0.4) is 0 Å². The van der Waals surface area contributed by atoms with Crippen molar-refractivity contribution in [2.45, 2.75) is 30.9 Å². The number of imidazole rings is 1. The first-order valence-corrected chi connectivity index (χ1v) is 10.7. The van der Waals surface area contributed by atoms with Crippen LogP contribution in [0.4, 0.5) is 25.0 Å². The number of ether oxygens (including phenoxy) is 1. The standard InChI is InChI=1S/C18H17F2N5O4S/c19-12-5-6-13(25-30(27,28)11-3-1-2-4-11)15(20)16(12)24-18(26)29-10-7-14-17(21-8-10)23-9-22-14/h5-9,11,25H,1-4H2,(H,24,26)(H,21,22,23). The molecule has 1 aliphatic carbocycles. The molecule has 1 fully saturated rings. The van der Waals surface area contributed by atoms with E-state index in [-0.39, 0.29) is 5.75 Å². The first kappa shape index (κ1) is 20.0. The third-order valence-corrected chi connectivity index (χ3v) is 6.62. The van der Waals surface area contributed by atoms with Crippen LogP contribution in [0.15, 0.2) is 30.7 Å². The zero-order chi connectivity index (χ0) is 21.3. The van der Waals surface area contributed by atoms with E-state index >= 15 is 0 Å². The highest BCUT2D eigenvalue weighted by atomic mass is 32.2. The quantitative estimate of drug-likeness (QED) is 0.561. The zero-order valence-electron chi connectivity index (χ0n) is 15.5. The maximum absolute atomic E-state index is 14.8. The van der Waals surface area contributed by atoms with Crippen LogP contribution in [0.5, 0.6) is 5.75 Å². The number of nitrogens with one attached hydrogen (secondary N) is 3. The molecule has 3 N–H and O–H groups in total. The lowest BCUT2D eigenvalue weighted by molar-refractivity contribution is 0.215. The Balaban J connectivity index is 1.51. The van der Waals surface area contributed by atoms with E-state index in [1.165, 1.54) is 18.6 Å². The van der Waals surface area contributed by atoms with Gasteiger partial charge in [-0.05, 0) is 25.0 Å². The van der Waals surface area contributed by atoms with E-state index in [1.54, 1.807) is 0 Å². The van der Waals surface area contributed by atoms with Gasteiger partial charge in [-0.1, -0.05) is 12.8 Å². The Morgan fingerprint density at radius 3 is 2.73 bits per heavy atom. The molecule has 4 rings (SSSR count). The molecular formula is C18H17F2N5O4S. The number of sulfonamides is 1. The van der Waals surface area contributed by atoms with Crippen molar-refractivity contribution in [2.24, 2.45) is 0 Å². The van der Waals surface area contributed by atoms with Crippen molar-refractivity contribution in [3.8, 4) is 5.75 Å². The van der Waals surface area contributed by atoms with E-state index < -0.39 is 44.4 Å². The fourth-order valence-electron chi connectivity index (χ4n) is 3.28. The summed E-state index contributed by atoms with van der Waals surface area (Å²) in [6, 6.07) is 3.25. The molecule has 12 heteroatoms. The van der Waals surface area contributed by atoms with Gasteiger partial charge in [0, 0.05) is 6.07 Å². The highest BCUT2D eigenvalue weighted by molar-refractivity contribution is 7.93. The first-order valence-electron chi connectivity index (χ1n) is 9.11. The third-order valence-electron chi connectivity index (χ3n) is 4.77. The second kappa shape index (κ2) is 7.86. The Bertz CT molecular complexity index is 1210. The van der Waals surface area contributed by atoms with Crippen LogP contribution in [-0.2, 0) is 10.0 Å². The summed E-state index contributed by atoms with van der Waals surface area (Å²) in [5.74, 6) is -2.32. The van der Waals surface area contributed by atoms with Crippen molar-refractivity contribution >= 4 is 38.7 Å². The SMILES string of the molecule is O=C(Nc1c(F)ccc(NS(=O)(=O)C2CCCC2)c1F)Oc1cnc2nc[nH]c2c1. The molecule has 0 atom stereocenters. The minimum Gasteiger partial charge on any atom is -0.408 e. The lowest BCUT2D eigenvalue weighted by atomic mass is 10.2. The topological polar surface area (TPSA) is 126 Å². The summed E-state index contributed by atoms with van der Waals surface area (Å²) in [6.07, 6.45) is 3.95. The fourth-order valence-corrected chi connectivity index (χ4v) is 4.87. The molecule has 1 aromatic carbocycles. The summed E-state index contributed by atoms with van der Waals surface area (Å²) in [5.41, 5.74) is -0.385. The van der Waals surface area contributed by atoms with Crippen LogP contribution < -0.4 is 14.8 Å². The van der Waals surface area contributed by atoms with E-state index in [1.807, 2.05) is 5.32 Å². The van der Waals surface area contributed by atoms with Gasteiger partial charge in [-0.3, -0.25) is 10.0 Å². The van der Waals surface area contributed by atoms with Crippen molar-refractivity contribution in [2.75, 3.05) is 10.0 Å². The number of hydrogen-bond acceptors (Lipinski definition) is 6.